The summed E-state index contributed by atoms with van der Waals surface area (Å²) in [5.74, 6) is 0.762. The molecule has 7 nitrogen and oxygen atoms in total. The number of fused-ring (bicyclic) bond motifs is 1. The van der Waals surface area contributed by atoms with Crippen molar-refractivity contribution in [1.29, 1.82) is 0 Å². The Labute approximate surface area is 133 Å². The average Bonchev–Trinajstić information content (AvgIpc) is 2.54. The van der Waals surface area contributed by atoms with Crippen molar-refractivity contribution in [3.05, 3.63) is 42.5 Å². The van der Waals surface area contributed by atoms with Gasteiger partial charge in [0, 0.05) is 6.07 Å². The molecule has 0 saturated carbocycles. The Morgan fingerprint density at radius 2 is 1.70 bits per heavy atom. The van der Waals surface area contributed by atoms with E-state index in [0.29, 0.717) is 15.8 Å². The molecule has 0 unspecified atom stereocenters. The van der Waals surface area contributed by atoms with E-state index in [2.05, 4.69) is 5.32 Å². The van der Waals surface area contributed by atoms with Gasteiger partial charge in [0.15, 0.2) is 11.5 Å². The zero-order valence-electron chi connectivity index (χ0n) is 12.4. The van der Waals surface area contributed by atoms with Crippen molar-refractivity contribution in [3.63, 3.8) is 0 Å². The number of anilines is 2. The zero-order valence-corrected chi connectivity index (χ0v) is 13.3. The first kappa shape index (κ1) is 15.2. The lowest BCUT2D eigenvalue weighted by Crippen LogP contribution is -2.44. The summed E-state index contributed by atoms with van der Waals surface area (Å²) in [5, 5.41) is 2.57. The maximum atomic E-state index is 12.8. The largest absolute Gasteiger partial charge is 0.493 e. The molecule has 8 heteroatoms. The van der Waals surface area contributed by atoms with E-state index in [0.717, 1.165) is 0 Å². The van der Waals surface area contributed by atoms with Crippen LogP contribution in [0.15, 0.2) is 47.4 Å². The molecule has 1 aliphatic rings. The first-order valence-corrected chi connectivity index (χ1v) is 8.10. The summed E-state index contributed by atoms with van der Waals surface area (Å²) >= 11 is 0. The van der Waals surface area contributed by atoms with Crippen LogP contribution in [0, 0.1) is 0 Å². The second kappa shape index (κ2) is 5.47. The molecule has 0 radical (unpaired) electrons. The number of amides is 2. The van der Waals surface area contributed by atoms with Gasteiger partial charge < -0.3 is 14.8 Å². The fourth-order valence-corrected chi connectivity index (χ4v) is 3.87. The summed E-state index contributed by atoms with van der Waals surface area (Å²) < 4.78 is 36.5. The van der Waals surface area contributed by atoms with Crippen LogP contribution in [0.5, 0.6) is 11.5 Å². The fourth-order valence-electron chi connectivity index (χ4n) is 2.38. The highest BCUT2D eigenvalue weighted by atomic mass is 32.2. The van der Waals surface area contributed by atoms with Crippen LogP contribution in [0.4, 0.5) is 16.2 Å². The van der Waals surface area contributed by atoms with Crippen LogP contribution in [-0.4, -0.2) is 28.7 Å². The predicted octanol–water partition coefficient (Wildman–Crippen LogP) is 2.44. The smallest absolute Gasteiger partial charge is 0.340 e. The third kappa shape index (κ3) is 2.36. The minimum Gasteiger partial charge on any atom is -0.493 e. The molecular formula is C15H14N2O5S. The third-order valence-corrected chi connectivity index (χ3v) is 5.20. The number of sulfonamides is 1. The zero-order chi connectivity index (χ0) is 16.6. The molecule has 120 valence electrons. The Morgan fingerprint density at radius 3 is 2.39 bits per heavy atom. The summed E-state index contributed by atoms with van der Waals surface area (Å²) in [6.45, 7) is 0. The molecule has 1 heterocycles. The van der Waals surface area contributed by atoms with Gasteiger partial charge in [-0.15, -0.1) is 0 Å². The molecular weight excluding hydrogens is 320 g/mol. The highest BCUT2D eigenvalue weighted by Crippen LogP contribution is 2.37. The maximum absolute atomic E-state index is 12.8. The van der Waals surface area contributed by atoms with Gasteiger partial charge in [-0.1, -0.05) is 12.1 Å². The summed E-state index contributed by atoms with van der Waals surface area (Å²) in [4.78, 5) is 12.3. The first-order chi connectivity index (χ1) is 11.0. The quantitative estimate of drug-likeness (QED) is 0.932. The Bertz CT molecular complexity index is 879. The molecule has 23 heavy (non-hydrogen) atoms. The second-order valence-electron chi connectivity index (χ2n) is 4.74. The van der Waals surface area contributed by atoms with Crippen molar-refractivity contribution in [2.24, 2.45) is 0 Å². The van der Waals surface area contributed by atoms with Crippen LogP contribution in [-0.2, 0) is 10.0 Å². The summed E-state index contributed by atoms with van der Waals surface area (Å²) in [5.41, 5.74) is 0.420. The number of methoxy groups -OCH3 is 2. The minimum atomic E-state index is -4.00. The van der Waals surface area contributed by atoms with E-state index in [1.165, 1.54) is 44.6 Å². The predicted molar refractivity (Wildman–Crippen MR) is 84.7 cm³/mol. The highest BCUT2D eigenvalue weighted by Gasteiger charge is 2.38. The normalized spacial score (nSPS) is 15.6. The van der Waals surface area contributed by atoms with Crippen LogP contribution in [0.2, 0.25) is 0 Å². The number of hydrogen-bond acceptors (Lipinski definition) is 5. The second-order valence-corrected chi connectivity index (χ2v) is 6.49. The van der Waals surface area contributed by atoms with E-state index in [1.54, 1.807) is 12.1 Å². The van der Waals surface area contributed by atoms with Crippen LogP contribution < -0.4 is 19.1 Å². The van der Waals surface area contributed by atoms with Gasteiger partial charge in [-0.05, 0) is 24.3 Å². The van der Waals surface area contributed by atoms with Crippen LogP contribution >= 0.6 is 0 Å². The van der Waals surface area contributed by atoms with Gasteiger partial charge in [0.2, 0.25) is 0 Å². The number of nitrogens with zero attached hydrogens (tertiary/aromatic N) is 1. The number of urea groups is 1. The van der Waals surface area contributed by atoms with E-state index in [9.17, 15) is 13.2 Å². The van der Waals surface area contributed by atoms with Crippen molar-refractivity contribution in [2.45, 2.75) is 4.90 Å². The van der Waals surface area contributed by atoms with Gasteiger partial charge in [-0.25, -0.2) is 13.2 Å². The molecule has 0 bridgehead atoms. The Kier molecular flexibility index (Phi) is 3.61. The molecule has 0 aromatic heterocycles. The molecule has 2 amide bonds. The standard InChI is InChI=1S/C15H14N2O5S/c1-21-12-8-7-10(9-13(12)22-2)17-15(18)16-11-5-3-4-6-14(11)23(17,19)20/h3-9H,1-2H3,(H,16,18). The molecule has 0 aliphatic carbocycles. The highest BCUT2D eigenvalue weighted by molar-refractivity contribution is 7.94. The number of nitrogens with one attached hydrogen (secondary N) is 1. The maximum Gasteiger partial charge on any atom is 0.340 e. The van der Waals surface area contributed by atoms with Gasteiger partial charge >= 0.3 is 6.03 Å². The van der Waals surface area contributed by atoms with E-state index < -0.39 is 16.1 Å². The van der Waals surface area contributed by atoms with E-state index in [1.807, 2.05) is 0 Å². The minimum absolute atomic E-state index is 0.0365. The number of rotatable bonds is 3. The fraction of sp³-hybridized carbons (Fsp3) is 0.133. The lowest BCUT2D eigenvalue weighted by molar-refractivity contribution is 0.259. The van der Waals surface area contributed by atoms with Crippen LogP contribution in [0.1, 0.15) is 0 Å². The van der Waals surface area contributed by atoms with Gasteiger partial charge in [0.1, 0.15) is 4.90 Å². The van der Waals surface area contributed by atoms with Crippen LogP contribution in [0.25, 0.3) is 0 Å². The molecule has 3 rings (SSSR count). The number of carbonyl (C=O) groups is 1. The first-order valence-electron chi connectivity index (χ1n) is 6.66. The van der Waals surface area contributed by atoms with Crippen LogP contribution in [0.3, 0.4) is 0 Å². The Hall–Kier alpha value is -2.74. The molecule has 2 aromatic rings. The lowest BCUT2D eigenvalue weighted by atomic mass is 10.2. The monoisotopic (exact) mass is 334 g/mol. The Morgan fingerprint density at radius 1 is 1.00 bits per heavy atom. The number of carbonyl (C=O) groups excluding carboxylic acids is 1. The summed E-state index contributed by atoms with van der Waals surface area (Å²) in [7, 11) is -1.10. The lowest BCUT2D eigenvalue weighted by Gasteiger charge is -2.29. The molecule has 0 atom stereocenters. The van der Waals surface area contributed by atoms with E-state index >= 15 is 0 Å². The van der Waals surface area contributed by atoms with Gasteiger partial charge in [0.25, 0.3) is 10.0 Å². The molecule has 0 fully saturated rings. The van der Waals surface area contributed by atoms with Gasteiger partial charge in [0.05, 0.1) is 25.6 Å². The van der Waals surface area contributed by atoms with Crippen molar-refractivity contribution in [1.82, 2.24) is 0 Å². The molecule has 1 N–H and O–H groups in total. The van der Waals surface area contributed by atoms with E-state index in [4.69, 9.17) is 9.47 Å². The van der Waals surface area contributed by atoms with Crippen molar-refractivity contribution < 1.29 is 22.7 Å². The molecule has 1 aliphatic heterocycles. The van der Waals surface area contributed by atoms with Crippen molar-refractivity contribution in [3.8, 4) is 11.5 Å². The SMILES string of the molecule is COc1ccc(N2C(=O)Nc3ccccc3S2(=O)=O)cc1OC. The number of para-hydroxylation sites is 1. The van der Waals surface area contributed by atoms with Gasteiger partial charge in [-0.3, -0.25) is 0 Å². The van der Waals surface area contributed by atoms with Crippen molar-refractivity contribution in [2.75, 3.05) is 23.8 Å². The van der Waals surface area contributed by atoms with E-state index in [-0.39, 0.29) is 16.3 Å². The average molecular weight is 334 g/mol. The summed E-state index contributed by atoms with van der Waals surface area (Å²) in [6.07, 6.45) is 0. The van der Waals surface area contributed by atoms with Crippen molar-refractivity contribution >= 4 is 27.4 Å². The van der Waals surface area contributed by atoms with Gasteiger partial charge in [-0.2, -0.15) is 4.31 Å². The summed E-state index contributed by atoms with van der Waals surface area (Å²) in [6, 6.07) is 9.93. The topological polar surface area (TPSA) is 84.9 Å². The Balaban J connectivity index is 2.15. The third-order valence-electron chi connectivity index (χ3n) is 3.43. The molecule has 0 spiro atoms. The number of ether oxygens (including phenoxy) is 2. The number of hydrogen-bond donors (Lipinski definition) is 1. The molecule has 2 aromatic carbocycles. The molecule has 0 saturated heterocycles. The number of benzene rings is 2.